The van der Waals surface area contributed by atoms with Gasteiger partial charge in [-0.15, -0.1) is 5.92 Å². The molecule has 5 nitrogen and oxygen atoms in total. The molecule has 0 heterocycles. The molecular weight excluding hydrogens is 290 g/mol. The van der Waals surface area contributed by atoms with Crippen molar-refractivity contribution in [1.29, 1.82) is 0 Å². The van der Waals surface area contributed by atoms with Crippen LogP contribution in [0, 0.1) is 17.8 Å². The second kappa shape index (κ2) is 8.45. The van der Waals surface area contributed by atoms with E-state index in [9.17, 15) is 9.00 Å². The Labute approximate surface area is 127 Å². The van der Waals surface area contributed by atoms with E-state index in [4.69, 9.17) is 9.94 Å². The predicted octanol–water partition coefficient (Wildman–Crippen LogP) is 1.73. The zero-order chi connectivity index (χ0) is 15.8. The van der Waals surface area contributed by atoms with Gasteiger partial charge in [-0.1, -0.05) is 19.8 Å². The number of amides is 1. The molecule has 1 aromatic rings. The van der Waals surface area contributed by atoms with Crippen molar-refractivity contribution in [3.8, 4) is 17.6 Å². The number of rotatable bonds is 6. The number of benzene rings is 1. The molecule has 6 heteroatoms. The predicted molar refractivity (Wildman–Crippen MR) is 80.4 cm³/mol. The second-order valence-electron chi connectivity index (χ2n) is 4.62. The van der Waals surface area contributed by atoms with Crippen molar-refractivity contribution in [2.24, 2.45) is 5.92 Å². The Morgan fingerprint density at radius 1 is 1.38 bits per heavy atom. The number of hydrogen-bond acceptors (Lipinski definition) is 4. The van der Waals surface area contributed by atoms with Crippen LogP contribution in [0.4, 0.5) is 0 Å². The van der Waals surface area contributed by atoms with Gasteiger partial charge in [0, 0.05) is 4.90 Å². The number of nitrogens with one attached hydrogen (secondary N) is 1. The van der Waals surface area contributed by atoms with Gasteiger partial charge in [0.2, 0.25) is 0 Å². The Hall–Kier alpha value is -1.84. The van der Waals surface area contributed by atoms with Crippen molar-refractivity contribution >= 4 is 16.7 Å². The lowest BCUT2D eigenvalue weighted by molar-refractivity contribution is -0.129. The highest BCUT2D eigenvalue weighted by Crippen LogP contribution is 2.20. The lowest BCUT2D eigenvalue weighted by Crippen LogP contribution is -2.39. The maximum Gasteiger partial charge on any atom is 0.259 e. The fourth-order valence-electron chi connectivity index (χ4n) is 1.72. The molecule has 0 aliphatic carbocycles. The van der Waals surface area contributed by atoms with Crippen molar-refractivity contribution in [3.05, 3.63) is 24.3 Å². The van der Waals surface area contributed by atoms with E-state index in [0.717, 1.165) is 0 Å². The first kappa shape index (κ1) is 17.2. The average Bonchev–Trinajstić information content (AvgIpc) is 2.47. The van der Waals surface area contributed by atoms with Crippen LogP contribution in [0.1, 0.15) is 20.8 Å². The summed E-state index contributed by atoms with van der Waals surface area (Å²) in [5.41, 5.74) is 1.57. The monoisotopic (exact) mass is 309 g/mol. The molecule has 1 aromatic carbocycles. The summed E-state index contributed by atoms with van der Waals surface area (Å²) in [5.74, 6) is 5.29. The summed E-state index contributed by atoms with van der Waals surface area (Å²) in [7, 11) is -1.55. The zero-order valence-electron chi connectivity index (χ0n) is 12.3. The minimum absolute atomic E-state index is 0.172. The summed E-state index contributed by atoms with van der Waals surface area (Å²) < 4.78 is 17.8. The average molecular weight is 309 g/mol. The molecule has 0 saturated carbocycles. The van der Waals surface area contributed by atoms with Crippen LogP contribution < -0.4 is 10.2 Å². The third-order valence-corrected chi connectivity index (χ3v) is 4.71. The Morgan fingerprint density at radius 3 is 2.48 bits per heavy atom. The van der Waals surface area contributed by atoms with Crippen LogP contribution >= 0.6 is 0 Å². The molecule has 2 N–H and O–H groups in total. The molecule has 1 unspecified atom stereocenters. The minimum atomic E-state index is -1.55. The highest BCUT2D eigenvalue weighted by molar-refractivity contribution is 7.86. The normalized spacial score (nSPS) is 13.0. The maximum atomic E-state index is 12.4. The van der Waals surface area contributed by atoms with Crippen molar-refractivity contribution < 1.29 is 18.9 Å². The van der Waals surface area contributed by atoms with Gasteiger partial charge >= 0.3 is 0 Å². The fraction of sp³-hybridized carbons (Fsp3) is 0.400. The first-order valence-electron chi connectivity index (χ1n) is 6.48. The van der Waals surface area contributed by atoms with E-state index in [1.807, 2.05) is 0 Å². The maximum absolute atomic E-state index is 12.4. The molecule has 0 aromatic heterocycles. The van der Waals surface area contributed by atoms with Crippen LogP contribution in [0.25, 0.3) is 0 Å². The van der Waals surface area contributed by atoms with E-state index in [1.54, 1.807) is 50.5 Å². The molecule has 21 heavy (non-hydrogen) atoms. The molecule has 0 spiro atoms. The van der Waals surface area contributed by atoms with Gasteiger partial charge in [0.15, 0.2) is 0 Å². The summed E-state index contributed by atoms with van der Waals surface area (Å²) in [4.78, 5) is 12.1. The van der Waals surface area contributed by atoms with Gasteiger partial charge in [-0.25, -0.2) is 5.48 Å². The second-order valence-corrected chi connectivity index (χ2v) is 6.20. The standard InChI is InChI=1S/C15H19NO4S/c1-4-5-10-20-12-6-8-13(9-7-12)21(19)14(11(2)3)15(17)16-18/h6-9,11,14,18H,10H2,1-3H3,(H,16,17)/t14?,21-/m0/s1. The molecule has 1 amide bonds. The summed E-state index contributed by atoms with van der Waals surface area (Å²) >= 11 is 0. The van der Waals surface area contributed by atoms with Crippen LogP contribution in [0.3, 0.4) is 0 Å². The highest BCUT2D eigenvalue weighted by Gasteiger charge is 2.29. The highest BCUT2D eigenvalue weighted by atomic mass is 32.2. The number of carbonyl (C=O) groups is 1. The molecule has 2 atom stereocenters. The third kappa shape index (κ3) is 4.88. The Kier molecular flexibility index (Phi) is 6.92. The lowest BCUT2D eigenvalue weighted by atomic mass is 10.1. The first-order chi connectivity index (χ1) is 10.0. The molecule has 0 bridgehead atoms. The molecule has 0 aliphatic heterocycles. The topological polar surface area (TPSA) is 75.6 Å². The third-order valence-electron chi connectivity index (χ3n) is 2.75. The molecule has 114 valence electrons. The summed E-state index contributed by atoms with van der Waals surface area (Å²) in [6.45, 7) is 5.58. The van der Waals surface area contributed by atoms with Gasteiger partial charge in [-0.2, -0.15) is 0 Å². The van der Waals surface area contributed by atoms with Crippen LogP contribution in [0.15, 0.2) is 29.2 Å². The number of hydrogen-bond donors (Lipinski definition) is 2. The van der Waals surface area contributed by atoms with E-state index >= 15 is 0 Å². The fourth-order valence-corrected chi connectivity index (χ4v) is 3.16. The Balaban J connectivity index is 2.86. The number of ether oxygens (including phenoxy) is 1. The molecule has 0 saturated heterocycles. The van der Waals surface area contributed by atoms with Gasteiger partial charge < -0.3 is 4.74 Å². The van der Waals surface area contributed by atoms with E-state index < -0.39 is 22.0 Å². The van der Waals surface area contributed by atoms with Gasteiger partial charge in [0.1, 0.15) is 17.6 Å². The van der Waals surface area contributed by atoms with E-state index in [-0.39, 0.29) is 5.92 Å². The van der Waals surface area contributed by atoms with Crippen molar-refractivity contribution in [2.75, 3.05) is 6.61 Å². The van der Waals surface area contributed by atoms with E-state index in [0.29, 0.717) is 17.3 Å². The Morgan fingerprint density at radius 2 is 2.00 bits per heavy atom. The van der Waals surface area contributed by atoms with Crippen molar-refractivity contribution in [2.45, 2.75) is 30.9 Å². The minimum Gasteiger partial charge on any atom is -0.481 e. The lowest BCUT2D eigenvalue weighted by Gasteiger charge is -2.18. The largest absolute Gasteiger partial charge is 0.481 e. The van der Waals surface area contributed by atoms with Gasteiger partial charge in [0.25, 0.3) is 5.91 Å². The zero-order valence-corrected chi connectivity index (χ0v) is 13.1. The van der Waals surface area contributed by atoms with Gasteiger partial charge in [-0.3, -0.25) is 14.2 Å². The summed E-state index contributed by atoms with van der Waals surface area (Å²) in [5, 5.41) is 7.94. The summed E-state index contributed by atoms with van der Waals surface area (Å²) in [6.07, 6.45) is 0. The molecule has 1 rings (SSSR count). The van der Waals surface area contributed by atoms with E-state index in [1.165, 1.54) is 0 Å². The van der Waals surface area contributed by atoms with Crippen molar-refractivity contribution in [1.82, 2.24) is 5.48 Å². The van der Waals surface area contributed by atoms with Crippen LogP contribution in [0.5, 0.6) is 5.75 Å². The molecule has 0 fully saturated rings. The number of carbonyl (C=O) groups excluding carboxylic acids is 1. The molecular formula is C15H19NO4S. The smallest absolute Gasteiger partial charge is 0.259 e. The van der Waals surface area contributed by atoms with Gasteiger partial charge in [-0.05, 0) is 37.1 Å². The Bertz CT molecular complexity index is 557. The first-order valence-corrected chi connectivity index (χ1v) is 7.69. The number of hydroxylamine groups is 1. The van der Waals surface area contributed by atoms with Crippen LogP contribution in [-0.4, -0.2) is 27.2 Å². The quantitative estimate of drug-likeness (QED) is 0.477. The van der Waals surface area contributed by atoms with E-state index in [2.05, 4.69) is 11.8 Å². The summed E-state index contributed by atoms with van der Waals surface area (Å²) in [6, 6.07) is 6.65. The molecule has 0 radical (unpaired) electrons. The van der Waals surface area contributed by atoms with Crippen molar-refractivity contribution in [3.63, 3.8) is 0 Å². The molecule has 0 aliphatic rings. The van der Waals surface area contributed by atoms with Gasteiger partial charge in [0.05, 0.1) is 10.8 Å². The van der Waals surface area contributed by atoms with Crippen LogP contribution in [0.2, 0.25) is 0 Å². The van der Waals surface area contributed by atoms with Crippen LogP contribution in [-0.2, 0) is 15.6 Å². The SMILES string of the molecule is CC#CCOc1ccc([S@](=O)C(C(=O)NO)C(C)C)cc1.